The van der Waals surface area contributed by atoms with Crippen LogP contribution < -0.4 is 4.74 Å². The summed E-state index contributed by atoms with van der Waals surface area (Å²) in [6.45, 7) is 5.69. The molecule has 0 saturated carbocycles. The minimum atomic E-state index is -1.56. The number of nitrogens with zero attached hydrogens (tertiary/aromatic N) is 4. The van der Waals surface area contributed by atoms with Crippen molar-refractivity contribution in [2.75, 3.05) is 7.11 Å². The molecule has 1 unspecified atom stereocenters. The fraction of sp³-hybridized carbons (Fsp3) is 0.233. The molecule has 38 heavy (non-hydrogen) atoms. The Morgan fingerprint density at radius 2 is 1.76 bits per heavy atom. The van der Waals surface area contributed by atoms with Gasteiger partial charge in [-0.3, -0.25) is 4.98 Å². The van der Waals surface area contributed by atoms with E-state index in [1.165, 1.54) is 12.1 Å². The van der Waals surface area contributed by atoms with Crippen LogP contribution in [0.25, 0.3) is 10.9 Å². The van der Waals surface area contributed by atoms with Crippen LogP contribution in [0.3, 0.4) is 0 Å². The fourth-order valence-electron chi connectivity index (χ4n) is 4.94. The number of aryl methyl sites for hydroxylation is 3. The summed E-state index contributed by atoms with van der Waals surface area (Å²) in [4.78, 5) is 13.8. The Labute approximate surface area is 225 Å². The van der Waals surface area contributed by atoms with Crippen molar-refractivity contribution in [2.45, 2.75) is 32.8 Å². The first-order valence-electron chi connectivity index (χ1n) is 12.2. The van der Waals surface area contributed by atoms with Crippen LogP contribution in [0, 0.1) is 26.6 Å². The van der Waals surface area contributed by atoms with Gasteiger partial charge in [0.2, 0.25) is 5.88 Å². The lowest BCUT2D eigenvalue weighted by Gasteiger charge is -2.31. The Morgan fingerprint density at radius 3 is 2.39 bits per heavy atom. The van der Waals surface area contributed by atoms with E-state index in [0.29, 0.717) is 56.3 Å². The van der Waals surface area contributed by atoms with Crippen molar-refractivity contribution in [1.29, 1.82) is 0 Å². The number of ether oxygens (including phenoxy) is 1. The molecule has 0 spiro atoms. The minimum Gasteiger partial charge on any atom is -0.481 e. The maximum Gasteiger partial charge on any atom is 0.218 e. The molecular weight excluding hydrogens is 503 g/mol. The number of hydrogen-bond acceptors (Lipinski definition) is 5. The maximum atomic E-state index is 13.5. The molecule has 0 radical (unpaired) electrons. The van der Waals surface area contributed by atoms with Crippen molar-refractivity contribution in [3.63, 3.8) is 0 Å². The van der Waals surface area contributed by atoms with Crippen molar-refractivity contribution in [1.82, 2.24) is 19.5 Å². The van der Waals surface area contributed by atoms with Crippen LogP contribution in [0.15, 0.2) is 60.8 Å². The monoisotopic (exact) mass is 530 g/mol. The summed E-state index contributed by atoms with van der Waals surface area (Å²) in [5.74, 6) is 0.859. The van der Waals surface area contributed by atoms with Crippen LogP contribution >= 0.6 is 11.6 Å². The van der Waals surface area contributed by atoms with Crippen molar-refractivity contribution >= 4 is 22.5 Å². The molecule has 0 aliphatic carbocycles. The van der Waals surface area contributed by atoms with Gasteiger partial charge in [0, 0.05) is 41.4 Å². The van der Waals surface area contributed by atoms with Gasteiger partial charge in [-0.1, -0.05) is 35.9 Å². The van der Waals surface area contributed by atoms with E-state index < -0.39 is 5.60 Å². The van der Waals surface area contributed by atoms with Gasteiger partial charge in [-0.2, -0.15) is 0 Å². The lowest BCUT2D eigenvalue weighted by Crippen LogP contribution is -2.32. The largest absolute Gasteiger partial charge is 0.481 e. The number of fused-ring (bicyclic) bond motifs is 1. The Kier molecular flexibility index (Phi) is 6.67. The number of hydrogen-bond donors (Lipinski definition) is 1. The van der Waals surface area contributed by atoms with Gasteiger partial charge in [-0.05, 0) is 62.2 Å². The van der Waals surface area contributed by atoms with Crippen molar-refractivity contribution in [2.24, 2.45) is 7.05 Å². The zero-order valence-corrected chi connectivity index (χ0v) is 22.6. The summed E-state index contributed by atoms with van der Waals surface area (Å²) in [5.41, 5.74) is 4.03. The zero-order chi connectivity index (χ0) is 27.2. The molecule has 1 atom stereocenters. The van der Waals surface area contributed by atoms with Crippen LogP contribution in [-0.4, -0.2) is 31.7 Å². The third-order valence-electron chi connectivity index (χ3n) is 7.09. The number of methoxy groups -OCH3 is 1. The first kappa shape index (κ1) is 25.8. The molecular formula is C30H28ClFN4O2. The second-order valence-electron chi connectivity index (χ2n) is 9.49. The third kappa shape index (κ3) is 4.31. The Hall–Kier alpha value is -3.81. The molecule has 5 aromatic rings. The van der Waals surface area contributed by atoms with Gasteiger partial charge in [0.1, 0.15) is 11.6 Å². The van der Waals surface area contributed by atoms with Crippen molar-refractivity contribution < 1.29 is 14.2 Å². The van der Waals surface area contributed by atoms with E-state index in [1.54, 1.807) is 25.4 Å². The molecule has 8 heteroatoms. The van der Waals surface area contributed by atoms with Gasteiger partial charge in [0.15, 0.2) is 5.60 Å². The molecule has 6 nitrogen and oxygen atoms in total. The molecule has 194 valence electrons. The summed E-state index contributed by atoms with van der Waals surface area (Å²) in [5, 5.41) is 13.7. The summed E-state index contributed by atoms with van der Waals surface area (Å²) >= 11 is 7.00. The number of aromatic nitrogens is 4. The van der Waals surface area contributed by atoms with Gasteiger partial charge < -0.3 is 14.4 Å². The summed E-state index contributed by atoms with van der Waals surface area (Å²) in [6, 6.07) is 15.6. The topological polar surface area (TPSA) is 73.1 Å². The van der Waals surface area contributed by atoms with Gasteiger partial charge in [0.25, 0.3) is 0 Å². The number of benzene rings is 2. The second kappa shape index (κ2) is 9.82. The van der Waals surface area contributed by atoms with Gasteiger partial charge in [-0.15, -0.1) is 0 Å². The van der Waals surface area contributed by atoms with Crippen LogP contribution in [-0.2, 0) is 19.1 Å². The van der Waals surface area contributed by atoms with Gasteiger partial charge in [0.05, 0.1) is 29.5 Å². The van der Waals surface area contributed by atoms with Crippen LogP contribution in [0.1, 0.15) is 45.2 Å². The highest BCUT2D eigenvalue weighted by atomic mass is 35.5. The summed E-state index contributed by atoms with van der Waals surface area (Å²) in [6.07, 6.45) is 2.09. The number of aliphatic hydroxyl groups is 1. The lowest BCUT2D eigenvalue weighted by atomic mass is 9.82. The van der Waals surface area contributed by atoms with E-state index >= 15 is 0 Å². The molecule has 5 rings (SSSR count). The van der Waals surface area contributed by atoms with Crippen molar-refractivity contribution in [3.05, 3.63) is 117 Å². The normalized spacial score (nSPS) is 13.1. The molecule has 0 bridgehead atoms. The first-order chi connectivity index (χ1) is 18.1. The van der Waals surface area contributed by atoms with E-state index in [9.17, 15) is 9.50 Å². The predicted octanol–water partition coefficient (Wildman–Crippen LogP) is 5.96. The molecule has 3 aromatic heterocycles. The molecule has 2 aromatic carbocycles. The number of imidazole rings is 1. The molecule has 3 heterocycles. The average Bonchev–Trinajstić information content (AvgIpc) is 3.24. The molecule has 0 saturated heterocycles. The quantitative estimate of drug-likeness (QED) is 0.293. The van der Waals surface area contributed by atoms with E-state index in [2.05, 4.69) is 9.97 Å². The standard InChI is InChI=1S/C30H28ClFN4O2/c1-17-6-12-25(18(2)34-17)30(37,27-16-33-19(3)36(27)4)21-9-13-26-23(15-21)28(31)24(29(35-26)38-5)14-20-7-10-22(32)11-8-20/h6-13,15-16,37H,14H2,1-5H3. The zero-order valence-electron chi connectivity index (χ0n) is 21.9. The molecule has 0 amide bonds. The smallest absolute Gasteiger partial charge is 0.218 e. The average molecular weight is 531 g/mol. The minimum absolute atomic E-state index is 0.307. The number of rotatable bonds is 6. The van der Waals surface area contributed by atoms with E-state index in [4.69, 9.17) is 21.3 Å². The summed E-state index contributed by atoms with van der Waals surface area (Å²) in [7, 11) is 3.42. The highest BCUT2D eigenvalue weighted by Gasteiger charge is 2.39. The van der Waals surface area contributed by atoms with Gasteiger partial charge in [-0.25, -0.2) is 14.4 Å². The predicted molar refractivity (Wildman–Crippen MR) is 146 cm³/mol. The van der Waals surface area contributed by atoms with E-state index in [1.807, 2.05) is 62.7 Å². The first-order valence-corrected chi connectivity index (χ1v) is 12.6. The van der Waals surface area contributed by atoms with Crippen molar-refractivity contribution in [3.8, 4) is 5.88 Å². The maximum absolute atomic E-state index is 13.5. The molecule has 0 aliphatic rings. The SMILES string of the molecule is COc1nc2ccc(C(O)(c3ccc(C)nc3C)c3cnc(C)n3C)cc2c(Cl)c1Cc1ccc(F)cc1. The van der Waals surface area contributed by atoms with Crippen LogP contribution in [0.5, 0.6) is 5.88 Å². The summed E-state index contributed by atoms with van der Waals surface area (Å²) < 4.78 is 20.9. The second-order valence-corrected chi connectivity index (χ2v) is 9.87. The highest BCUT2D eigenvalue weighted by Crippen LogP contribution is 2.41. The molecule has 0 fully saturated rings. The Morgan fingerprint density at radius 1 is 1.03 bits per heavy atom. The van der Waals surface area contributed by atoms with Gasteiger partial charge >= 0.3 is 0 Å². The number of halogens is 2. The highest BCUT2D eigenvalue weighted by molar-refractivity contribution is 6.36. The van der Waals surface area contributed by atoms with E-state index in [0.717, 1.165) is 17.1 Å². The fourth-order valence-corrected chi connectivity index (χ4v) is 5.24. The molecule has 0 aliphatic heterocycles. The van der Waals surface area contributed by atoms with E-state index in [-0.39, 0.29) is 5.82 Å². The Bertz CT molecular complexity index is 1670. The Balaban J connectivity index is 1.74. The third-order valence-corrected chi connectivity index (χ3v) is 7.52. The molecule has 1 N–H and O–H groups in total. The number of pyridine rings is 2. The van der Waals surface area contributed by atoms with Crippen LogP contribution in [0.4, 0.5) is 4.39 Å². The lowest BCUT2D eigenvalue weighted by molar-refractivity contribution is 0.116. The van der Waals surface area contributed by atoms with Crippen LogP contribution in [0.2, 0.25) is 5.02 Å².